The maximum atomic E-state index is 13.1. The van der Waals surface area contributed by atoms with Crippen molar-refractivity contribution in [3.8, 4) is 0 Å². The predicted molar refractivity (Wildman–Crippen MR) is 131 cm³/mol. The van der Waals surface area contributed by atoms with Gasteiger partial charge in [0.25, 0.3) is 5.91 Å². The van der Waals surface area contributed by atoms with Gasteiger partial charge in [-0.1, -0.05) is 55.5 Å². The molecule has 0 saturated heterocycles. The second kappa shape index (κ2) is 9.79. The van der Waals surface area contributed by atoms with Crippen molar-refractivity contribution in [1.82, 2.24) is 10.2 Å². The summed E-state index contributed by atoms with van der Waals surface area (Å²) in [5, 5.41) is 7.70. The molecular formula is C27H27N3O4. The number of anilines is 1. The average molecular weight is 458 g/mol. The summed E-state index contributed by atoms with van der Waals surface area (Å²) in [6.07, 6.45) is 0.750. The molecule has 3 aromatic carbocycles. The van der Waals surface area contributed by atoms with Crippen molar-refractivity contribution in [2.24, 2.45) is 0 Å². The Morgan fingerprint density at radius 3 is 2.56 bits per heavy atom. The van der Waals surface area contributed by atoms with Gasteiger partial charge in [0, 0.05) is 23.5 Å². The Labute approximate surface area is 198 Å². The molecule has 7 heteroatoms. The lowest BCUT2D eigenvalue weighted by Gasteiger charge is -2.35. The normalized spacial score (nSPS) is 15.8. The van der Waals surface area contributed by atoms with E-state index in [1.165, 1.54) is 7.11 Å². The number of rotatable bonds is 6. The van der Waals surface area contributed by atoms with Crippen LogP contribution in [0.1, 0.15) is 42.2 Å². The van der Waals surface area contributed by atoms with Crippen molar-refractivity contribution in [3.63, 3.8) is 0 Å². The lowest BCUT2D eigenvalue weighted by molar-refractivity contribution is -0.136. The van der Waals surface area contributed by atoms with Crippen molar-refractivity contribution in [2.75, 3.05) is 19.0 Å². The monoisotopic (exact) mass is 457 g/mol. The number of benzene rings is 3. The third-order valence-corrected chi connectivity index (χ3v) is 5.96. The molecule has 7 nitrogen and oxygen atoms in total. The highest BCUT2D eigenvalue weighted by molar-refractivity contribution is 6.13. The molecule has 0 fully saturated rings. The second-order valence-corrected chi connectivity index (χ2v) is 8.13. The topological polar surface area (TPSA) is 87.7 Å². The number of allylic oxidation sites excluding steroid dienone is 1. The molecule has 3 aromatic rings. The number of fused-ring (bicyclic) bond motifs is 1. The Bertz CT molecular complexity index is 1290. The van der Waals surface area contributed by atoms with Crippen LogP contribution >= 0.6 is 0 Å². The van der Waals surface area contributed by atoms with E-state index in [0.29, 0.717) is 34.6 Å². The average Bonchev–Trinajstić information content (AvgIpc) is 2.85. The highest BCUT2D eigenvalue weighted by Gasteiger charge is 2.36. The molecule has 1 atom stereocenters. The van der Waals surface area contributed by atoms with Crippen LogP contribution in [0.3, 0.4) is 0 Å². The maximum absolute atomic E-state index is 13.1. The number of nitrogens with zero attached hydrogens (tertiary/aromatic N) is 1. The SMILES string of the molecule is CCCN1C(=O)N[C@H](c2cccc(NC(=O)c3cccc4ccccc34)c2)C(C(=O)OC)=C1C. The number of urea groups is 1. The molecule has 0 spiro atoms. The van der Waals surface area contributed by atoms with E-state index in [-0.39, 0.29) is 11.9 Å². The van der Waals surface area contributed by atoms with Gasteiger partial charge in [0.1, 0.15) is 0 Å². The molecule has 0 unspecified atom stereocenters. The quantitative estimate of drug-likeness (QED) is 0.509. The van der Waals surface area contributed by atoms with E-state index in [4.69, 9.17) is 4.74 Å². The lowest BCUT2D eigenvalue weighted by Crippen LogP contribution is -2.48. The standard InChI is InChI=1S/C27H27N3O4/c1-4-15-30-17(2)23(26(32)34-3)24(29-27(30)33)19-11-7-12-20(16-19)28-25(31)22-14-8-10-18-9-5-6-13-21(18)22/h5-14,16,24H,4,15H2,1-3H3,(H,28,31)(H,29,33)/t24-/m1/s1. The summed E-state index contributed by atoms with van der Waals surface area (Å²) >= 11 is 0. The van der Waals surface area contributed by atoms with Gasteiger partial charge in [0.2, 0.25) is 0 Å². The third-order valence-electron chi connectivity index (χ3n) is 5.96. The Morgan fingerprint density at radius 2 is 1.79 bits per heavy atom. The van der Waals surface area contributed by atoms with Gasteiger partial charge in [-0.15, -0.1) is 0 Å². The lowest BCUT2D eigenvalue weighted by atomic mass is 9.94. The molecule has 0 saturated carbocycles. The molecule has 2 N–H and O–H groups in total. The van der Waals surface area contributed by atoms with Gasteiger partial charge in [-0.3, -0.25) is 9.69 Å². The van der Waals surface area contributed by atoms with Crippen LogP contribution in [0.25, 0.3) is 10.8 Å². The van der Waals surface area contributed by atoms with Gasteiger partial charge in [0.05, 0.1) is 18.7 Å². The van der Waals surface area contributed by atoms with E-state index >= 15 is 0 Å². The summed E-state index contributed by atoms with van der Waals surface area (Å²) in [7, 11) is 1.32. The van der Waals surface area contributed by atoms with E-state index in [1.807, 2.05) is 49.4 Å². The fourth-order valence-corrected chi connectivity index (χ4v) is 4.32. The summed E-state index contributed by atoms with van der Waals surface area (Å²) in [5.74, 6) is -0.746. The third kappa shape index (κ3) is 4.37. The minimum Gasteiger partial charge on any atom is -0.466 e. The number of esters is 1. The Balaban J connectivity index is 1.67. The first kappa shape index (κ1) is 23.0. The number of hydrogen-bond acceptors (Lipinski definition) is 4. The van der Waals surface area contributed by atoms with Crippen LogP contribution in [-0.4, -0.2) is 36.5 Å². The highest BCUT2D eigenvalue weighted by atomic mass is 16.5. The summed E-state index contributed by atoms with van der Waals surface area (Å²) in [4.78, 5) is 40.1. The first-order chi connectivity index (χ1) is 16.4. The van der Waals surface area contributed by atoms with E-state index < -0.39 is 12.0 Å². The van der Waals surface area contributed by atoms with Crippen LogP contribution in [0.4, 0.5) is 10.5 Å². The zero-order valence-electron chi connectivity index (χ0n) is 19.4. The number of amides is 3. The molecule has 0 aromatic heterocycles. The molecule has 0 bridgehead atoms. The van der Waals surface area contributed by atoms with Crippen molar-refractivity contribution in [3.05, 3.63) is 89.1 Å². The molecule has 1 aliphatic rings. The number of nitrogens with one attached hydrogen (secondary N) is 2. The molecule has 0 radical (unpaired) electrons. The Hall–Kier alpha value is -4.13. The van der Waals surface area contributed by atoms with Gasteiger partial charge in [-0.25, -0.2) is 9.59 Å². The van der Waals surface area contributed by atoms with Gasteiger partial charge < -0.3 is 15.4 Å². The minimum absolute atomic E-state index is 0.240. The Kier molecular flexibility index (Phi) is 6.63. The largest absolute Gasteiger partial charge is 0.466 e. The molecule has 1 heterocycles. The number of carbonyl (C=O) groups is 3. The fourth-order valence-electron chi connectivity index (χ4n) is 4.32. The maximum Gasteiger partial charge on any atom is 0.337 e. The van der Waals surface area contributed by atoms with Crippen LogP contribution in [-0.2, 0) is 9.53 Å². The molecule has 34 heavy (non-hydrogen) atoms. The number of ether oxygens (including phenoxy) is 1. The summed E-state index contributed by atoms with van der Waals surface area (Å²) < 4.78 is 5.02. The minimum atomic E-state index is -0.692. The first-order valence-corrected chi connectivity index (χ1v) is 11.2. The van der Waals surface area contributed by atoms with Crippen LogP contribution in [0, 0.1) is 0 Å². The zero-order valence-corrected chi connectivity index (χ0v) is 19.4. The van der Waals surface area contributed by atoms with Crippen molar-refractivity contribution < 1.29 is 19.1 Å². The van der Waals surface area contributed by atoms with Gasteiger partial charge in [-0.05, 0) is 47.9 Å². The molecule has 174 valence electrons. The molecule has 1 aliphatic heterocycles. The fraction of sp³-hybridized carbons (Fsp3) is 0.222. The summed E-state index contributed by atoms with van der Waals surface area (Å²) in [6, 6.07) is 19.5. The summed E-state index contributed by atoms with van der Waals surface area (Å²) in [5.41, 5.74) is 2.72. The van der Waals surface area contributed by atoms with E-state index in [0.717, 1.165) is 17.2 Å². The van der Waals surface area contributed by atoms with Crippen LogP contribution in [0.2, 0.25) is 0 Å². The second-order valence-electron chi connectivity index (χ2n) is 8.13. The molecule has 3 amide bonds. The molecular weight excluding hydrogens is 430 g/mol. The number of methoxy groups -OCH3 is 1. The van der Waals surface area contributed by atoms with Crippen molar-refractivity contribution in [1.29, 1.82) is 0 Å². The smallest absolute Gasteiger partial charge is 0.337 e. The van der Waals surface area contributed by atoms with E-state index in [1.54, 1.807) is 36.1 Å². The van der Waals surface area contributed by atoms with Crippen LogP contribution in [0.5, 0.6) is 0 Å². The first-order valence-electron chi connectivity index (χ1n) is 11.2. The molecule has 0 aliphatic carbocycles. The van der Waals surface area contributed by atoms with Crippen LogP contribution in [0.15, 0.2) is 78.0 Å². The van der Waals surface area contributed by atoms with Gasteiger partial charge in [0.15, 0.2) is 0 Å². The predicted octanol–water partition coefficient (Wildman–Crippen LogP) is 5.02. The highest BCUT2D eigenvalue weighted by Crippen LogP contribution is 2.32. The van der Waals surface area contributed by atoms with E-state index in [2.05, 4.69) is 10.6 Å². The van der Waals surface area contributed by atoms with E-state index in [9.17, 15) is 14.4 Å². The van der Waals surface area contributed by atoms with Crippen molar-refractivity contribution in [2.45, 2.75) is 26.3 Å². The Morgan fingerprint density at radius 1 is 1.06 bits per heavy atom. The zero-order chi connectivity index (χ0) is 24.2. The van der Waals surface area contributed by atoms with Crippen LogP contribution < -0.4 is 10.6 Å². The number of carbonyl (C=O) groups excluding carboxylic acids is 3. The number of hydrogen-bond donors (Lipinski definition) is 2. The van der Waals surface area contributed by atoms with Crippen molar-refractivity contribution >= 4 is 34.4 Å². The van der Waals surface area contributed by atoms with Gasteiger partial charge >= 0.3 is 12.0 Å². The molecule has 4 rings (SSSR count). The van der Waals surface area contributed by atoms with Gasteiger partial charge in [-0.2, -0.15) is 0 Å². The summed E-state index contributed by atoms with van der Waals surface area (Å²) in [6.45, 7) is 4.21.